The lowest BCUT2D eigenvalue weighted by atomic mass is 10.1. The summed E-state index contributed by atoms with van der Waals surface area (Å²) in [5.41, 5.74) is 0.889. The first-order valence-electron chi connectivity index (χ1n) is 9.49. The largest absolute Gasteiger partial charge is 0.352 e. The van der Waals surface area contributed by atoms with Gasteiger partial charge in [-0.25, -0.2) is 0 Å². The van der Waals surface area contributed by atoms with Crippen molar-refractivity contribution in [2.45, 2.75) is 50.7 Å². The molecule has 2 amide bonds. The number of hydrogen-bond acceptors (Lipinski definition) is 3. The average molecular weight is 453 g/mol. The van der Waals surface area contributed by atoms with Gasteiger partial charge >= 0.3 is 0 Å². The van der Waals surface area contributed by atoms with E-state index in [0.717, 1.165) is 10.5 Å². The van der Waals surface area contributed by atoms with Crippen LogP contribution >= 0.6 is 35.0 Å². The molecule has 0 radical (unpaired) electrons. The molecular weight excluding hydrogens is 427 g/mol. The van der Waals surface area contributed by atoms with E-state index >= 15 is 0 Å². The molecule has 2 rings (SSSR count). The minimum atomic E-state index is -0.579. The molecule has 0 unspecified atom stereocenters. The molecule has 0 saturated carbocycles. The molecule has 0 aromatic heterocycles. The van der Waals surface area contributed by atoms with Crippen LogP contribution in [0.25, 0.3) is 0 Å². The first kappa shape index (κ1) is 23.6. The third-order valence-corrected chi connectivity index (χ3v) is 5.74. The minimum absolute atomic E-state index is 0.00790. The summed E-state index contributed by atoms with van der Waals surface area (Å²) in [5.74, 6) is 0.379. The van der Waals surface area contributed by atoms with Crippen LogP contribution in [-0.4, -0.2) is 34.6 Å². The Bertz CT molecular complexity index is 828. The maximum absolute atomic E-state index is 13.0. The lowest BCUT2D eigenvalue weighted by molar-refractivity contribution is -0.140. The number of nitrogens with one attached hydrogen (secondary N) is 1. The second-order valence-corrected chi connectivity index (χ2v) is 9.08. The van der Waals surface area contributed by atoms with E-state index < -0.39 is 6.04 Å². The molecule has 2 aromatic rings. The number of carbonyl (C=O) groups is 2. The van der Waals surface area contributed by atoms with Gasteiger partial charge in [0, 0.05) is 39.7 Å². The maximum atomic E-state index is 13.0. The van der Waals surface area contributed by atoms with Crippen LogP contribution < -0.4 is 5.32 Å². The van der Waals surface area contributed by atoms with Gasteiger partial charge in [0.25, 0.3) is 0 Å². The van der Waals surface area contributed by atoms with E-state index in [1.54, 1.807) is 29.7 Å². The zero-order valence-electron chi connectivity index (χ0n) is 16.8. The van der Waals surface area contributed by atoms with Crippen LogP contribution in [0.15, 0.2) is 53.4 Å². The van der Waals surface area contributed by atoms with Gasteiger partial charge in [-0.2, -0.15) is 0 Å². The molecule has 0 heterocycles. The molecule has 7 heteroatoms. The summed E-state index contributed by atoms with van der Waals surface area (Å²) in [6.07, 6.45) is 0.327. The van der Waals surface area contributed by atoms with Crippen LogP contribution in [0.5, 0.6) is 0 Å². The molecule has 0 bridgehead atoms. The van der Waals surface area contributed by atoms with Crippen molar-refractivity contribution in [2.75, 3.05) is 5.75 Å². The minimum Gasteiger partial charge on any atom is -0.352 e. The van der Waals surface area contributed by atoms with E-state index in [2.05, 4.69) is 5.32 Å². The zero-order valence-corrected chi connectivity index (χ0v) is 19.2. The van der Waals surface area contributed by atoms with Gasteiger partial charge in [0.1, 0.15) is 6.04 Å². The molecule has 29 heavy (non-hydrogen) atoms. The number of carbonyl (C=O) groups excluding carboxylic acids is 2. The Morgan fingerprint density at radius 3 is 2.34 bits per heavy atom. The number of rotatable bonds is 9. The third kappa shape index (κ3) is 7.92. The van der Waals surface area contributed by atoms with Crippen molar-refractivity contribution >= 4 is 46.8 Å². The molecule has 1 N–H and O–H groups in total. The van der Waals surface area contributed by atoms with Gasteiger partial charge in [0.15, 0.2) is 0 Å². The van der Waals surface area contributed by atoms with E-state index in [1.165, 1.54) is 0 Å². The fourth-order valence-electron chi connectivity index (χ4n) is 2.75. The van der Waals surface area contributed by atoms with E-state index in [0.29, 0.717) is 28.8 Å². The van der Waals surface area contributed by atoms with Crippen LogP contribution in [-0.2, 0) is 16.1 Å². The molecule has 4 nitrogen and oxygen atoms in total. The van der Waals surface area contributed by atoms with Gasteiger partial charge in [-0.1, -0.05) is 35.3 Å². The quantitative estimate of drug-likeness (QED) is 0.516. The van der Waals surface area contributed by atoms with E-state index in [4.69, 9.17) is 23.2 Å². The molecule has 2 aromatic carbocycles. The van der Waals surface area contributed by atoms with Crippen molar-refractivity contribution in [3.63, 3.8) is 0 Å². The van der Waals surface area contributed by atoms with Crippen molar-refractivity contribution in [1.82, 2.24) is 10.2 Å². The molecule has 1 atom stereocenters. The summed E-state index contributed by atoms with van der Waals surface area (Å²) in [7, 11) is 0. The smallest absolute Gasteiger partial charge is 0.242 e. The van der Waals surface area contributed by atoms with E-state index in [1.807, 2.05) is 56.3 Å². The zero-order chi connectivity index (χ0) is 21.4. The first-order valence-corrected chi connectivity index (χ1v) is 11.2. The highest BCUT2D eigenvalue weighted by atomic mass is 35.5. The highest BCUT2D eigenvalue weighted by molar-refractivity contribution is 7.99. The summed E-state index contributed by atoms with van der Waals surface area (Å²) in [6.45, 7) is 5.89. The fourth-order valence-corrected chi connectivity index (χ4v) is 3.93. The molecule has 0 aliphatic heterocycles. The number of thioether (sulfide) groups is 1. The number of nitrogens with zero attached hydrogens (tertiary/aromatic N) is 1. The normalized spacial score (nSPS) is 11.9. The Labute approximate surface area is 187 Å². The number of halogens is 2. The predicted molar refractivity (Wildman–Crippen MR) is 122 cm³/mol. The standard InChI is InChI=1S/C22H26Cl2N2O2S/c1-15(2)25-22(28)16(3)26(14-17-5-4-6-19(24)13-17)21(27)11-12-29-20-9-7-18(23)8-10-20/h4-10,13,15-16H,11-12,14H2,1-3H3,(H,25,28)/t16-/m0/s1. The lowest BCUT2D eigenvalue weighted by Gasteiger charge is -2.29. The summed E-state index contributed by atoms with van der Waals surface area (Å²) >= 11 is 13.6. The second-order valence-electron chi connectivity index (χ2n) is 7.04. The molecular formula is C22H26Cl2N2O2S. The Hall–Kier alpha value is -1.69. The Kier molecular flexibility index (Phi) is 9.34. The van der Waals surface area contributed by atoms with Gasteiger partial charge in [-0.15, -0.1) is 11.8 Å². The van der Waals surface area contributed by atoms with Crippen molar-refractivity contribution in [3.8, 4) is 0 Å². The topological polar surface area (TPSA) is 49.4 Å². The third-order valence-electron chi connectivity index (χ3n) is 4.24. The van der Waals surface area contributed by atoms with Gasteiger partial charge < -0.3 is 10.2 Å². The van der Waals surface area contributed by atoms with E-state index in [-0.39, 0.29) is 17.9 Å². The Morgan fingerprint density at radius 2 is 1.72 bits per heavy atom. The predicted octanol–water partition coefficient (Wildman–Crippen LogP) is 5.42. The number of hydrogen-bond donors (Lipinski definition) is 1. The van der Waals surface area contributed by atoms with Crippen LogP contribution in [0.4, 0.5) is 0 Å². The van der Waals surface area contributed by atoms with Crippen molar-refractivity contribution in [2.24, 2.45) is 0 Å². The van der Waals surface area contributed by atoms with Crippen LogP contribution in [0.2, 0.25) is 10.0 Å². The van der Waals surface area contributed by atoms with Gasteiger partial charge in [-0.3, -0.25) is 9.59 Å². The highest BCUT2D eigenvalue weighted by Gasteiger charge is 2.26. The van der Waals surface area contributed by atoms with Crippen LogP contribution in [0.3, 0.4) is 0 Å². The van der Waals surface area contributed by atoms with Crippen molar-refractivity contribution < 1.29 is 9.59 Å². The molecule has 156 valence electrons. The first-order chi connectivity index (χ1) is 13.8. The Morgan fingerprint density at radius 1 is 1.03 bits per heavy atom. The summed E-state index contributed by atoms with van der Waals surface area (Å²) in [5, 5.41) is 4.17. The highest BCUT2D eigenvalue weighted by Crippen LogP contribution is 2.22. The van der Waals surface area contributed by atoms with Gasteiger partial charge in [0.05, 0.1) is 0 Å². The van der Waals surface area contributed by atoms with Crippen molar-refractivity contribution in [3.05, 3.63) is 64.1 Å². The molecule has 0 fully saturated rings. The maximum Gasteiger partial charge on any atom is 0.242 e. The number of benzene rings is 2. The van der Waals surface area contributed by atoms with Gasteiger partial charge in [-0.05, 0) is 62.7 Å². The molecule has 0 spiro atoms. The summed E-state index contributed by atoms with van der Waals surface area (Å²) < 4.78 is 0. The summed E-state index contributed by atoms with van der Waals surface area (Å²) in [4.78, 5) is 28.2. The van der Waals surface area contributed by atoms with E-state index in [9.17, 15) is 9.59 Å². The monoisotopic (exact) mass is 452 g/mol. The SMILES string of the molecule is CC(C)NC(=O)[C@H](C)N(Cc1cccc(Cl)c1)C(=O)CCSc1ccc(Cl)cc1. The average Bonchev–Trinajstić information content (AvgIpc) is 2.66. The fraction of sp³-hybridized carbons (Fsp3) is 0.364. The van der Waals surface area contributed by atoms with Crippen molar-refractivity contribution in [1.29, 1.82) is 0 Å². The van der Waals surface area contributed by atoms with Crippen LogP contribution in [0.1, 0.15) is 32.8 Å². The summed E-state index contributed by atoms with van der Waals surface area (Å²) in [6, 6.07) is 14.3. The lowest BCUT2D eigenvalue weighted by Crippen LogP contribution is -2.49. The van der Waals surface area contributed by atoms with Crippen LogP contribution in [0, 0.1) is 0 Å². The molecule has 0 saturated heterocycles. The molecule has 0 aliphatic rings. The molecule has 0 aliphatic carbocycles. The Balaban J connectivity index is 2.06. The second kappa shape index (κ2) is 11.5. The number of amides is 2. The van der Waals surface area contributed by atoms with Gasteiger partial charge in [0.2, 0.25) is 11.8 Å².